The fourth-order valence-electron chi connectivity index (χ4n) is 2.31. The zero-order valence-electron chi connectivity index (χ0n) is 10.9. The van der Waals surface area contributed by atoms with Crippen molar-refractivity contribution in [2.45, 2.75) is 25.6 Å². The molecule has 1 aliphatic rings. The van der Waals surface area contributed by atoms with Crippen molar-refractivity contribution in [3.63, 3.8) is 0 Å². The van der Waals surface area contributed by atoms with Crippen molar-refractivity contribution in [2.75, 3.05) is 20.3 Å². The standard InChI is InChI=1S/C14H20N2O2/c1-3-12-14(17)16(9-10-18-2)13(15-12)11-7-5-4-6-8-11/h4-8,12-13,15H,3,9-10H2,1-2H3. The van der Waals surface area contributed by atoms with Gasteiger partial charge in [-0.3, -0.25) is 10.1 Å². The van der Waals surface area contributed by atoms with E-state index in [-0.39, 0.29) is 18.1 Å². The predicted molar refractivity (Wildman–Crippen MR) is 70.0 cm³/mol. The molecule has 1 amide bonds. The molecule has 1 heterocycles. The number of nitrogens with zero attached hydrogens (tertiary/aromatic N) is 1. The molecule has 1 N–H and O–H groups in total. The quantitative estimate of drug-likeness (QED) is 0.859. The minimum atomic E-state index is -0.0768. The van der Waals surface area contributed by atoms with E-state index in [0.717, 1.165) is 12.0 Å². The van der Waals surface area contributed by atoms with Crippen molar-refractivity contribution in [3.8, 4) is 0 Å². The van der Waals surface area contributed by atoms with Crippen LogP contribution in [-0.4, -0.2) is 37.1 Å². The van der Waals surface area contributed by atoms with Crippen LogP contribution in [-0.2, 0) is 9.53 Å². The van der Waals surface area contributed by atoms with E-state index < -0.39 is 0 Å². The minimum absolute atomic E-state index is 0.0289. The summed E-state index contributed by atoms with van der Waals surface area (Å²) >= 11 is 0. The van der Waals surface area contributed by atoms with Gasteiger partial charge < -0.3 is 9.64 Å². The summed E-state index contributed by atoms with van der Waals surface area (Å²) in [7, 11) is 1.66. The minimum Gasteiger partial charge on any atom is -0.383 e. The fourth-order valence-corrected chi connectivity index (χ4v) is 2.31. The van der Waals surface area contributed by atoms with Gasteiger partial charge in [-0.1, -0.05) is 37.3 Å². The Kier molecular flexibility index (Phi) is 4.33. The molecule has 2 atom stereocenters. The molecule has 18 heavy (non-hydrogen) atoms. The van der Waals surface area contributed by atoms with E-state index in [1.165, 1.54) is 0 Å². The zero-order chi connectivity index (χ0) is 13.0. The highest BCUT2D eigenvalue weighted by atomic mass is 16.5. The van der Waals surface area contributed by atoms with Crippen LogP contribution in [0.25, 0.3) is 0 Å². The van der Waals surface area contributed by atoms with E-state index in [1.807, 2.05) is 42.2 Å². The van der Waals surface area contributed by atoms with Gasteiger partial charge in [0.1, 0.15) is 6.17 Å². The summed E-state index contributed by atoms with van der Waals surface area (Å²) < 4.78 is 5.08. The molecular formula is C14H20N2O2. The molecule has 4 heteroatoms. The van der Waals surface area contributed by atoms with Crippen LogP contribution in [0, 0.1) is 0 Å². The van der Waals surface area contributed by atoms with Crippen LogP contribution in [0.3, 0.4) is 0 Å². The van der Waals surface area contributed by atoms with Gasteiger partial charge in [0.25, 0.3) is 0 Å². The molecule has 0 bridgehead atoms. The van der Waals surface area contributed by atoms with Crippen LogP contribution < -0.4 is 5.32 Å². The van der Waals surface area contributed by atoms with Gasteiger partial charge in [0.2, 0.25) is 5.91 Å². The highest BCUT2D eigenvalue weighted by Crippen LogP contribution is 2.25. The van der Waals surface area contributed by atoms with Crippen LogP contribution in [0.4, 0.5) is 0 Å². The number of nitrogens with one attached hydrogen (secondary N) is 1. The van der Waals surface area contributed by atoms with Gasteiger partial charge >= 0.3 is 0 Å². The Morgan fingerprint density at radius 2 is 2.06 bits per heavy atom. The monoisotopic (exact) mass is 248 g/mol. The first-order valence-electron chi connectivity index (χ1n) is 6.38. The Balaban J connectivity index is 2.18. The van der Waals surface area contributed by atoms with Gasteiger partial charge in [-0.25, -0.2) is 0 Å². The van der Waals surface area contributed by atoms with Gasteiger partial charge in [0.15, 0.2) is 0 Å². The van der Waals surface area contributed by atoms with Gasteiger partial charge in [0, 0.05) is 13.7 Å². The van der Waals surface area contributed by atoms with Crippen molar-refractivity contribution in [1.29, 1.82) is 0 Å². The number of hydrogen-bond donors (Lipinski definition) is 1. The number of carbonyl (C=O) groups is 1. The summed E-state index contributed by atoms with van der Waals surface area (Å²) in [5, 5.41) is 3.39. The lowest BCUT2D eigenvalue weighted by Gasteiger charge is -2.24. The molecule has 0 radical (unpaired) electrons. The van der Waals surface area contributed by atoms with Crippen LogP contribution >= 0.6 is 0 Å². The highest BCUT2D eigenvalue weighted by Gasteiger charge is 2.37. The number of carbonyl (C=O) groups excluding carboxylic acids is 1. The Morgan fingerprint density at radius 1 is 1.33 bits per heavy atom. The first-order chi connectivity index (χ1) is 8.77. The third-order valence-corrected chi connectivity index (χ3v) is 3.31. The van der Waals surface area contributed by atoms with Crippen LogP contribution in [0.2, 0.25) is 0 Å². The average Bonchev–Trinajstić information content (AvgIpc) is 2.74. The number of rotatable bonds is 5. The Morgan fingerprint density at radius 3 is 2.67 bits per heavy atom. The van der Waals surface area contributed by atoms with Crippen molar-refractivity contribution in [1.82, 2.24) is 10.2 Å². The number of benzene rings is 1. The van der Waals surface area contributed by atoms with Crippen molar-refractivity contribution in [2.24, 2.45) is 0 Å². The molecule has 0 spiro atoms. The third kappa shape index (κ3) is 2.54. The van der Waals surface area contributed by atoms with E-state index in [0.29, 0.717) is 13.2 Å². The smallest absolute Gasteiger partial charge is 0.241 e. The largest absolute Gasteiger partial charge is 0.383 e. The Hall–Kier alpha value is -1.39. The lowest BCUT2D eigenvalue weighted by Crippen LogP contribution is -2.33. The topological polar surface area (TPSA) is 41.6 Å². The fraction of sp³-hybridized carbons (Fsp3) is 0.500. The second-order valence-corrected chi connectivity index (χ2v) is 4.47. The number of methoxy groups -OCH3 is 1. The summed E-state index contributed by atoms with van der Waals surface area (Å²) in [6, 6.07) is 9.99. The summed E-state index contributed by atoms with van der Waals surface area (Å²) in [4.78, 5) is 14.1. The first kappa shape index (κ1) is 13.1. The maximum Gasteiger partial charge on any atom is 0.241 e. The van der Waals surface area contributed by atoms with Crippen molar-refractivity contribution >= 4 is 5.91 Å². The van der Waals surface area contributed by atoms with Gasteiger partial charge in [-0.05, 0) is 12.0 Å². The van der Waals surface area contributed by atoms with Crippen LogP contribution in [0.15, 0.2) is 30.3 Å². The summed E-state index contributed by atoms with van der Waals surface area (Å²) in [6.45, 7) is 3.21. The molecule has 0 aromatic heterocycles. The van der Waals surface area contributed by atoms with E-state index >= 15 is 0 Å². The maximum atomic E-state index is 12.2. The third-order valence-electron chi connectivity index (χ3n) is 3.31. The molecule has 1 aliphatic heterocycles. The zero-order valence-corrected chi connectivity index (χ0v) is 10.9. The van der Waals surface area contributed by atoms with Gasteiger partial charge in [-0.2, -0.15) is 0 Å². The molecule has 1 saturated heterocycles. The Bertz CT molecular complexity index is 394. The van der Waals surface area contributed by atoms with Crippen LogP contribution in [0.1, 0.15) is 25.1 Å². The summed E-state index contributed by atoms with van der Waals surface area (Å²) in [5.41, 5.74) is 1.12. The molecule has 1 fully saturated rings. The predicted octanol–water partition coefficient (Wildman–Crippen LogP) is 1.54. The molecule has 1 aromatic carbocycles. The highest BCUT2D eigenvalue weighted by molar-refractivity contribution is 5.84. The van der Waals surface area contributed by atoms with Gasteiger partial charge in [-0.15, -0.1) is 0 Å². The van der Waals surface area contributed by atoms with E-state index in [9.17, 15) is 4.79 Å². The summed E-state index contributed by atoms with van der Waals surface area (Å²) in [5.74, 6) is 0.170. The van der Waals surface area contributed by atoms with Crippen molar-refractivity contribution < 1.29 is 9.53 Å². The maximum absolute atomic E-state index is 12.2. The van der Waals surface area contributed by atoms with Crippen LogP contribution in [0.5, 0.6) is 0 Å². The number of ether oxygens (including phenoxy) is 1. The second kappa shape index (κ2) is 5.98. The molecule has 0 saturated carbocycles. The van der Waals surface area contributed by atoms with E-state index in [2.05, 4.69) is 5.32 Å². The average molecular weight is 248 g/mol. The second-order valence-electron chi connectivity index (χ2n) is 4.47. The normalized spacial score (nSPS) is 23.7. The molecule has 1 aromatic rings. The number of hydrogen-bond acceptors (Lipinski definition) is 3. The van der Waals surface area contributed by atoms with E-state index in [1.54, 1.807) is 7.11 Å². The van der Waals surface area contributed by atoms with E-state index in [4.69, 9.17) is 4.74 Å². The Labute approximate surface area is 108 Å². The molecular weight excluding hydrogens is 228 g/mol. The lowest BCUT2D eigenvalue weighted by atomic mass is 10.1. The molecule has 2 unspecified atom stereocenters. The van der Waals surface area contributed by atoms with Crippen molar-refractivity contribution in [3.05, 3.63) is 35.9 Å². The molecule has 4 nitrogen and oxygen atoms in total. The molecule has 98 valence electrons. The lowest BCUT2D eigenvalue weighted by molar-refractivity contribution is -0.130. The molecule has 2 rings (SSSR count). The SMILES string of the molecule is CCC1NC(c2ccccc2)N(CCOC)C1=O. The van der Waals surface area contributed by atoms with Gasteiger partial charge in [0.05, 0.1) is 12.6 Å². The summed E-state index contributed by atoms with van der Waals surface area (Å²) in [6.07, 6.45) is 0.782. The number of amides is 1. The first-order valence-corrected chi connectivity index (χ1v) is 6.38. The molecule has 0 aliphatic carbocycles.